The zero-order chi connectivity index (χ0) is 17.1. The van der Waals surface area contributed by atoms with Gasteiger partial charge in [-0.05, 0) is 54.2 Å². The number of aromatic nitrogens is 3. The first-order chi connectivity index (χ1) is 11.5. The number of nitrogens with one attached hydrogen (secondary N) is 1. The first-order valence-electron chi connectivity index (χ1n) is 7.33. The molecule has 0 saturated carbocycles. The van der Waals surface area contributed by atoms with Gasteiger partial charge < -0.3 is 10.0 Å². The predicted molar refractivity (Wildman–Crippen MR) is 98.3 cm³/mol. The molecule has 3 aromatic rings. The molecule has 0 aliphatic heterocycles. The van der Waals surface area contributed by atoms with Crippen LogP contribution in [0.5, 0.6) is 5.75 Å². The summed E-state index contributed by atoms with van der Waals surface area (Å²) in [5.74, 6) is 0.816. The van der Waals surface area contributed by atoms with E-state index in [4.69, 9.17) is 12.2 Å². The maximum Gasteiger partial charge on any atom is 0.216 e. The molecule has 7 heteroatoms. The Labute approximate surface area is 144 Å². The second kappa shape index (κ2) is 6.67. The van der Waals surface area contributed by atoms with Crippen LogP contribution in [0, 0.1) is 4.77 Å². The standard InChI is InChI=1S/C17H17N5OS/c1-21(2)14-8-6-13(7-9-14)16-19-20-17(24)22(16)18-11-12-4-3-5-15(23)10-12/h3-11,23H,1-2H3,(H,20,24). The van der Waals surface area contributed by atoms with Gasteiger partial charge in [-0.1, -0.05) is 12.1 Å². The molecule has 6 nitrogen and oxygen atoms in total. The maximum atomic E-state index is 9.52. The first-order valence-corrected chi connectivity index (χ1v) is 7.74. The minimum atomic E-state index is 0.189. The van der Waals surface area contributed by atoms with Crippen molar-refractivity contribution in [2.24, 2.45) is 5.10 Å². The number of hydrogen-bond donors (Lipinski definition) is 2. The molecule has 0 unspecified atom stereocenters. The highest BCUT2D eigenvalue weighted by molar-refractivity contribution is 7.71. The summed E-state index contributed by atoms with van der Waals surface area (Å²) in [6.45, 7) is 0. The molecule has 24 heavy (non-hydrogen) atoms. The molecule has 0 aliphatic rings. The number of anilines is 1. The number of aromatic hydroxyl groups is 1. The summed E-state index contributed by atoms with van der Waals surface area (Å²) < 4.78 is 1.96. The minimum Gasteiger partial charge on any atom is -0.508 e. The lowest BCUT2D eigenvalue weighted by molar-refractivity contribution is 0.475. The van der Waals surface area contributed by atoms with Crippen LogP contribution in [0.2, 0.25) is 0 Å². The fourth-order valence-electron chi connectivity index (χ4n) is 2.22. The van der Waals surface area contributed by atoms with Crippen LogP contribution in [0.1, 0.15) is 5.56 Å². The fourth-order valence-corrected chi connectivity index (χ4v) is 2.40. The average Bonchev–Trinajstić information content (AvgIpc) is 2.94. The number of hydrogen-bond acceptors (Lipinski definition) is 5. The second-order valence-corrected chi connectivity index (χ2v) is 5.83. The molecule has 0 amide bonds. The van der Waals surface area contributed by atoms with Gasteiger partial charge in [-0.3, -0.25) is 0 Å². The first kappa shape index (κ1) is 15.9. The lowest BCUT2D eigenvalue weighted by Gasteiger charge is -2.12. The van der Waals surface area contributed by atoms with Gasteiger partial charge in [0.2, 0.25) is 4.77 Å². The van der Waals surface area contributed by atoms with Crippen molar-refractivity contribution in [3.8, 4) is 17.1 Å². The van der Waals surface area contributed by atoms with Gasteiger partial charge in [-0.25, -0.2) is 5.10 Å². The number of aromatic amines is 1. The summed E-state index contributed by atoms with van der Waals surface area (Å²) in [6.07, 6.45) is 1.63. The Morgan fingerprint density at radius 3 is 2.62 bits per heavy atom. The molecule has 0 atom stereocenters. The molecule has 0 aliphatic carbocycles. The Hall–Kier alpha value is -2.93. The largest absolute Gasteiger partial charge is 0.508 e. The highest BCUT2D eigenvalue weighted by Crippen LogP contribution is 2.21. The zero-order valence-electron chi connectivity index (χ0n) is 13.3. The van der Waals surface area contributed by atoms with Crippen molar-refractivity contribution in [3.05, 3.63) is 58.9 Å². The van der Waals surface area contributed by atoms with Crippen LogP contribution in [0.3, 0.4) is 0 Å². The number of rotatable bonds is 4. The van der Waals surface area contributed by atoms with Crippen molar-refractivity contribution in [1.29, 1.82) is 0 Å². The molecular weight excluding hydrogens is 322 g/mol. The van der Waals surface area contributed by atoms with Crippen LogP contribution in [-0.2, 0) is 0 Å². The Morgan fingerprint density at radius 2 is 1.96 bits per heavy atom. The number of nitrogens with zero attached hydrogens (tertiary/aromatic N) is 4. The van der Waals surface area contributed by atoms with Gasteiger partial charge in [0, 0.05) is 25.3 Å². The van der Waals surface area contributed by atoms with Crippen molar-refractivity contribution in [2.75, 3.05) is 19.0 Å². The van der Waals surface area contributed by atoms with E-state index < -0.39 is 0 Å². The van der Waals surface area contributed by atoms with Crippen LogP contribution in [0.15, 0.2) is 53.6 Å². The number of phenolic OH excluding ortho intramolecular Hbond substituents is 1. The molecule has 0 saturated heterocycles. The number of phenols is 1. The van der Waals surface area contributed by atoms with Crippen LogP contribution >= 0.6 is 12.2 Å². The van der Waals surface area contributed by atoms with Crippen molar-refractivity contribution in [3.63, 3.8) is 0 Å². The van der Waals surface area contributed by atoms with Gasteiger partial charge >= 0.3 is 0 Å². The molecular formula is C17H17N5OS. The quantitative estimate of drug-likeness (QED) is 0.565. The molecule has 2 aromatic carbocycles. The molecule has 3 rings (SSSR count). The van der Waals surface area contributed by atoms with Crippen molar-refractivity contribution >= 4 is 24.1 Å². The number of H-pyrrole nitrogens is 1. The summed E-state index contributed by atoms with van der Waals surface area (Å²) in [7, 11) is 3.98. The van der Waals surface area contributed by atoms with Crippen molar-refractivity contribution < 1.29 is 5.11 Å². The van der Waals surface area contributed by atoms with E-state index in [2.05, 4.69) is 15.3 Å². The second-order valence-electron chi connectivity index (χ2n) is 5.45. The Kier molecular flexibility index (Phi) is 4.43. The summed E-state index contributed by atoms with van der Waals surface area (Å²) >= 11 is 5.25. The van der Waals surface area contributed by atoms with Gasteiger partial charge in [0.1, 0.15) is 5.75 Å². The van der Waals surface area contributed by atoms with Crippen LogP contribution in [0.25, 0.3) is 11.4 Å². The van der Waals surface area contributed by atoms with Gasteiger partial charge in [0.15, 0.2) is 5.82 Å². The molecule has 1 aromatic heterocycles. The van der Waals surface area contributed by atoms with E-state index in [9.17, 15) is 5.11 Å². The average molecular weight is 339 g/mol. The SMILES string of the molecule is CN(C)c1ccc(-c2n[nH]c(=S)n2N=Cc2cccc(O)c2)cc1. The highest BCUT2D eigenvalue weighted by atomic mass is 32.1. The fraction of sp³-hybridized carbons (Fsp3) is 0.118. The maximum absolute atomic E-state index is 9.52. The van der Waals surface area contributed by atoms with Gasteiger partial charge in [0.25, 0.3) is 0 Å². The van der Waals surface area contributed by atoms with E-state index in [1.165, 1.54) is 0 Å². The van der Waals surface area contributed by atoms with Crippen molar-refractivity contribution in [2.45, 2.75) is 0 Å². The normalized spacial score (nSPS) is 11.1. The van der Waals surface area contributed by atoms with Gasteiger partial charge in [-0.2, -0.15) is 14.9 Å². The van der Waals surface area contributed by atoms with Crippen molar-refractivity contribution in [1.82, 2.24) is 14.9 Å². The van der Waals surface area contributed by atoms with Crippen LogP contribution in [0.4, 0.5) is 5.69 Å². The van der Waals surface area contributed by atoms with E-state index >= 15 is 0 Å². The third-order valence-electron chi connectivity index (χ3n) is 3.48. The van der Waals surface area contributed by atoms with E-state index in [0.29, 0.717) is 10.6 Å². The zero-order valence-corrected chi connectivity index (χ0v) is 14.2. The van der Waals surface area contributed by atoms with E-state index in [1.54, 1.807) is 29.1 Å². The molecule has 2 N–H and O–H groups in total. The third-order valence-corrected chi connectivity index (χ3v) is 3.75. The molecule has 0 radical (unpaired) electrons. The predicted octanol–water partition coefficient (Wildman–Crippen LogP) is 3.26. The number of benzene rings is 2. The molecule has 122 valence electrons. The Bertz CT molecular complexity index is 925. The van der Waals surface area contributed by atoms with Crippen LogP contribution < -0.4 is 4.90 Å². The monoisotopic (exact) mass is 339 g/mol. The summed E-state index contributed by atoms with van der Waals surface area (Å²) in [5.41, 5.74) is 2.77. The van der Waals surface area contributed by atoms with E-state index in [-0.39, 0.29) is 5.75 Å². The third kappa shape index (κ3) is 3.36. The molecule has 0 fully saturated rings. The van der Waals surface area contributed by atoms with E-state index in [0.717, 1.165) is 16.8 Å². The van der Waals surface area contributed by atoms with E-state index in [1.807, 2.05) is 49.3 Å². The Morgan fingerprint density at radius 1 is 1.21 bits per heavy atom. The summed E-state index contributed by atoms with van der Waals surface area (Å²) in [5, 5.41) is 20.9. The lowest BCUT2D eigenvalue weighted by atomic mass is 10.2. The molecule has 1 heterocycles. The lowest BCUT2D eigenvalue weighted by Crippen LogP contribution is -2.08. The van der Waals surface area contributed by atoms with Crippen LogP contribution in [-0.4, -0.2) is 40.3 Å². The van der Waals surface area contributed by atoms with Gasteiger partial charge in [-0.15, -0.1) is 0 Å². The minimum absolute atomic E-state index is 0.189. The highest BCUT2D eigenvalue weighted by Gasteiger charge is 2.08. The molecule has 0 bridgehead atoms. The smallest absolute Gasteiger partial charge is 0.216 e. The Balaban J connectivity index is 1.95. The summed E-state index contributed by atoms with van der Waals surface area (Å²) in [6, 6.07) is 14.8. The molecule has 0 spiro atoms. The topological polar surface area (TPSA) is 69.4 Å². The summed E-state index contributed by atoms with van der Waals surface area (Å²) in [4.78, 5) is 2.03. The van der Waals surface area contributed by atoms with Gasteiger partial charge in [0.05, 0.1) is 6.21 Å².